The summed E-state index contributed by atoms with van der Waals surface area (Å²) in [6.07, 6.45) is 6.14. The Morgan fingerprint density at radius 3 is 2.39 bits per heavy atom. The van der Waals surface area contributed by atoms with E-state index in [9.17, 15) is 18.0 Å². The Hall–Kier alpha value is -2.67. The van der Waals surface area contributed by atoms with Crippen LogP contribution >= 0.6 is 0 Å². The lowest BCUT2D eigenvalue weighted by Crippen LogP contribution is -2.46. The Morgan fingerprint density at radius 2 is 1.83 bits per heavy atom. The Morgan fingerprint density at radius 1 is 1.22 bits per heavy atom. The van der Waals surface area contributed by atoms with E-state index >= 15 is 0 Å². The molecule has 13 heteroatoms. The van der Waals surface area contributed by atoms with E-state index in [2.05, 4.69) is 20.6 Å². The van der Waals surface area contributed by atoms with Gasteiger partial charge in [-0.15, -0.1) is 0 Å². The van der Waals surface area contributed by atoms with Crippen molar-refractivity contribution in [3.63, 3.8) is 0 Å². The van der Waals surface area contributed by atoms with Crippen LogP contribution in [0.4, 0.5) is 16.6 Å². The van der Waals surface area contributed by atoms with Gasteiger partial charge in [0.25, 0.3) is 5.91 Å². The molecule has 0 saturated carbocycles. The van der Waals surface area contributed by atoms with Crippen molar-refractivity contribution >= 4 is 33.8 Å². The molecule has 36 heavy (non-hydrogen) atoms. The second kappa shape index (κ2) is 10.8. The Balaban J connectivity index is 0.000000314. The van der Waals surface area contributed by atoms with Crippen molar-refractivity contribution in [3.8, 4) is 5.75 Å². The number of ether oxygens (including phenoxy) is 2. The number of likely N-dealkylation sites (tertiary alicyclic amines) is 1. The highest BCUT2D eigenvalue weighted by Gasteiger charge is 2.36. The first-order valence-electron chi connectivity index (χ1n) is 12.2. The van der Waals surface area contributed by atoms with Gasteiger partial charge >= 0.3 is 6.09 Å². The molecule has 3 aliphatic rings. The number of nitrogens with one attached hydrogen (secondary N) is 2. The van der Waals surface area contributed by atoms with E-state index in [4.69, 9.17) is 9.47 Å². The number of hydrogen-bond acceptors (Lipinski definition) is 9. The number of carbonyl (C=O) groups excluding carboxylic acids is 2. The Bertz CT molecular complexity index is 1060. The van der Waals surface area contributed by atoms with Gasteiger partial charge in [-0.25, -0.2) is 22.5 Å². The molecule has 2 N–H and O–H groups in total. The van der Waals surface area contributed by atoms with Gasteiger partial charge < -0.3 is 25.0 Å². The summed E-state index contributed by atoms with van der Waals surface area (Å²) in [5.74, 6) is 0.888. The van der Waals surface area contributed by atoms with Crippen LogP contribution in [0.5, 0.6) is 5.75 Å². The van der Waals surface area contributed by atoms with Gasteiger partial charge in [0.15, 0.2) is 17.2 Å². The maximum atomic E-state index is 11.9. The number of fused-ring (bicyclic) bond motifs is 1. The molecule has 12 nitrogen and oxygen atoms in total. The van der Waals surface area contributed by atoms with Gasteiger partial charge in [0.05, 0.1) is 12.5 Å². The molecule has 2 saturated heterocycles. The summed E-state index contributed by atoms with van der Waals surface area (Å²) in [6.45, 7) is 11.7. The van der Waals surface area contributed by atoms with Gasteiger partial charge in [0.2, 0.25) is 16.0 Å². The number of aromatic nitrogens is 2. The smallest absolute Gasteiger partial charge is 0.410 e. The lowest BCUT2D eigenvalue weighted by Gasteiger charge is -2.32. The Labute approximate surface area is 214 Å². The fourth-order valence-electron chi connectivity index (χ4n) is 3.92. The number of sulfonamides is 1. The summed E-state index contributed by atoms with van der Waals surface area (Å²) in [6, 6.07) is 0.0812. The van der Waals surface area contributed by atoms with Crippen molar-refractivity contribution in [1.82, 2.24) is 19.2 Å². The van der Waals surface area contributed by atoms with Crippen LogP contribution in [0.1, 0.15) is 61.7 Å². The highest BCUT2D eigenvalue weighted by molar-refractivity contribution is 7.88. The van der Waals surface area contributed by atoms with Crippen LogP contribution in [0.3, 0.4) is 0 Å². The third-order valence-electron chi connectivity index (χ3n) is 5.91. The average molecular weight is 529 g/mol. The third-order valence-corrected chi connectivity index (χ3v) is 7.22. The molecule has 0 bridgehead atoms. The van der Waals surface area contributed by atoms with Crippen molar-refractivity contribution in [3.05, 3.63) is 6.20 Å². The van der Waals surface area contributed by atoms with Gasteiger partial charge in [0, 0.05) is 33.6 Å². The number of amides is 2. The fraction of sp³-hybridized carbons (Fsp3) is 0.739. The zero-order chi connectivity index (χ0) is 26.7. The van der Waals surface area contributed by atoms with Gasteiger partial charge in [0.1, 0.15) is 5.60 Å². The zero-order valence-corrected chi connectivity index (χ0v) is 22.8. The largest absolute Gasteiger partial charge is 0.472 e. The maximum absolute atomic E-state index is 11.9. The van der Waals surface area contributed by atoms with E-state index in [0.29, 0.717) is 43.4 Å². The highest BCUT2D eigenvalue weighted by atomic mass is 32.2. The molecule has 3 aliphatic heterocycles. The molecular weight excluding hydrogens is 488 g/mol. The molecule has 1 aromatic rings. The first-order chi connectivity index (χ1) is 16.6. The zero-order valence-electron chi connectivity index (χ0n) is 22.0. The number of piperidine rings is 1. The molecule has 1 aromatic heterocycles. The minimum absolute atomic E-state index is 0. The summed E-state index contributed by atoms with van der Waals surface area (Å²) < 4.78 is 35.3. The SMILES string of the molecule is CC(C)(C)OC(=O)N1CCCC1.CC1(C)Oc2cnc(NC3CCN(S(C)(=O)=O)CC3)nc2NC1=O.[HH]. The number of rotatable bonds is 3. The second-order valence-corrected chi connectivity index (χ2v) is 12.7. The van der Waals surface area contributed by atoms with Crippen molar-refractivity contribution in [1.29, 1.82) is 0 Å². The molecule has 0 radical (unpaired) electrons. The van der Waals surface area contributed by atoms with Gasteiger partial charge in [-0.1, -0.05) is 0 Å². The normalized spacial score (nSPS) is 20.4. The minimum atomic E-state index is -3.14. The standard InChI is InChI=1S/C14H21N5O4S.C9H17NO2.H2/c1-14(2)12(20)17-11-10(23-14)8-15-13(18-11)16-9-4-6-19(7-5-9)24(3,21)22;1-9(2,3)12-8(11)10-6-4-5-7-10;/h8-9H,4-7H2,1-3H3,(H2,15,16,17,18,20);4-7H2,1-3H3;1H. The molecule has 0 aliphatic carbocycles. The maximum Gasteiger partial charge on any atom is 0.410 e. The highest BCUT2D eigenvalue weighted by Crippen LogP contribution is 2.32. The summed E-state index contributed by atoms with van der Waals surface area (Å²) in [4.78, 5) is 33.6. The van der Waals surface area contributed by atoms with Crippen molar-refractivity contribution in [2.75, 3.05) is 43.1 Å². The number of anilines is 2. The van der Waals surface area contributed by atoms with E-state index in [1.807, 2.05) is 20.8 Å². The molecule has 4 heterocycles. The van der Waals surface area contributed by atoms with Crippen LogP contribution in [-0.2, 0) is 19.6 Å². The number of carbonyl (C=O) groups is 2. The second-order valence-electron chi connectivity index (χ2n) is 10.7. The molecule has 2 amide bonds. The topological polar surface area (TPSA) is 143 Å². The van der Waals surface area contributed by atoms with E-state index in [-0.39, 0.29) is 25.1 Å². The summed E-state index contributed by atoms with van der Waals surface area (Å²) in [5.41, 5.74) is -1.32. The molecule has 2 fully saturated rings. The van der Waals surface area contributed by atoms with Gasteiger partial charge in [-0.05, 0) is 60.3 Å². The lowest BCUT2D eigenvalue weighted by molar-refractivity contribution is -0.129. The molecule has 0 spiro atoms. The summed E-state index contributed by atoms with van der Waals surface area (Å²) >= 11 is 0. The molecule has 0 unspecified atom stereocenters. The van der Waals surface area contributed by atoms with Crippen LogP contribution in [0.2, 0.25) is 0 Å². The molecule has 204 valence electrons. The van der Waals surface area contributed by atoms with Gasteiger partial charge in [-0.3, -0.25) is 4.79 Å². The molecule has 0 aromatic carbocycles. The number of nitrogens with zero attached hydrogens (tertiary/aromatic N) is 4. The van der Waals surface area contributed by atoms with Crippen LogP contribution < -0.4 is 15.4 Å². The van der Waals surface area contributed by atoms with E-state index < -0.39 is 15.6 Å². The van der Waals surface area contributed by atoms with E-state index in [1.165, 1.54) is 16.8 Å². The summed E-state index contributed by atoms with van der Waals surface area (Å²) in [7, 11) is -3.14. The van der Waals surface area contributed by atoms with E-state index in [1.54, 1.807) is 18.7 Å². The predicted octanol–water partition coefficient (Wildman–Crippen LogP) is 2.69. The van der Waals surface area contributed by atoms with Crippen molar-refractivity contribution in [2.24, 2.45) is 0 Å². The van der Waals surface area contributed by atoms with Crippen LogP contribution in [0, 0.1) is 0 Å². The van der Waals surface area contributed by atoms with E-state index in [0.717, 1.165) is 25.9 Å². The lowest BCUT2D eigenvalue weighted by atomic mass is 10.1. The van der Waals surface area contributed by atoms with Crippen molar-refractivity contribution < 1.29 is 28.9 Å². The molecule has 0 atom stereocenters. The van der Waals surface area contributed by atoms with Crippen molar-refractivity contribution in [2.45, 2.75) is 77.5 Å². The third kappa shape index (κ3) is 7.66. The van der Waals surface area contributed by atoms with Gasteiger partial charge in [-0.2, -0.15) is 4.98 Å². The fourth-order valence-corrected chi connectivity index (χ4v) is 4.80. The Kier molecular flexibility index (Phi) is 8.33. The van der Waals surface area contributed by atoms with Crippen LogP contribution in [-0.4, -0.2) is 89.3 Å². The predicted molar refractivity (Wildman–Crippen MR) is 138 cm³/mol. The van der Waals surface area contributed by atoms with Crippen LogP contribution in [0.15, 0.2) is 6.20 Å². The average Bonchev–Trinajstić information content (AvgIpc) is 3.29. The first kappa shape index (κ1) is 27.9. The molecular formula is C23H40N6O6S. The van der Waals surface area contributed by atoms with Crippen LogP contribution in [0.25, 0.3) is 0 Å². The molecule has 4 rings (SSSR count). The monoisotopic (exact) mass is 528 g/mol. The minimum Gasteiger partial charge on any atom is -0.472 e. The first-order valence-corrected chi connectivity index (χ1v) is 14.1. The quantitative estimate of drug-likeness (QED) is 0.605. The summed E-state index contributed by atoms with van der Waals surface area (Å²) in [5, 5.41) is 5.90. The number of hydrogen-bond donors (Lipinski definition) is 2.